The number of aromatic nitrogens is 2. The zero-order valence-electron chi connectivity index (χ0n) is 14.5. The van der Waals surface area contributed by atoms with Gasteiger partial charge in [-0.1, -0.05) is 0 Å². The normalized spacial score (nSPS) is 10.8. The second-order valence-electron chi connectivity index (χ2n) is 6.18. The molecule has 0 saturated carbocycles. The SMILES string of the molecule is Cc1cc2oc(=O)cc(Cn3nc(C)c(C)c(C#N)c3=O)c2cc1C. The van der Waals surface area contributed by atoms with Crippen LogP contribution in [0.25, 0.3) is 11.0 Å². The van der Waals surface area contributed by atoms with Gasteiger partial charge in [-0.15, -0.1) is 0 Å². The van der Waals surface area contributed by atoms with Crippen LogP contribution >= 0.6 is 0 Å². The Labute approximate surface area is 143 Å². The van der Waals surface area contributed by atoms with Crippen molar-refractivity contribution in [3.63, 3.8) is 0 Å². The third-order valence-electron chi connectivity index (χ3n) is 4.51. The fourth-order valence-electron chi connectivity index (χ4n) is 2.79. The molecule has 25 heavy (non-hydrogen) atoms. The summed E-state index contributed by atoms with van der Waals surface area (Å²) in [6, 6.07) is 7.05. The van der Waals surface area contributed by atoms with E-state index in [0.29, 0.717) is 22.4 Å². The molecular weight excluding hydrogens is 318 g/mol. The third-order valence-corrected chi connectivity index (χ3v) is 4.51. The van der Waals surface area contributed by atoms with Gasteiger partial charge in [-0.2, -0.15) is 10.4 Å². The molecule has 0 aliphatic rings. The summed E-state index contributed by atoms with van der Waals surface area (Å²) in [6.07, 6.45) is 0. The summed E-state index contributed by atoms with van der Waals surface area (Å²) in [4.78, 5) is 24.4. The Hall–Kier alpha value is -3.20. The van der Waals surface area contributed by atoms with Crippen molar-refractivity contribution in [3.05, 3.63) is 72.5 Å². The van der Waals surface area contributed by atoms with E-state index in [2.05, 4.69) is 5.10 Å². The molecule has 0 saturated heterocycles. The van der Waals surface area contributed by atoms with Gasteiger partial charge in [-0.3, -0.25) is 4.79 Å². The van der Waals surface area contributed by atoms with Crippen LogP contribution in [-0.2, 0) is 6.54 Å². The molecule has 0 N–H and O–H groups in total. The van der Waals surface area contributed by atoms with Gasteiger partial charge in [-0.05, 0) is 62.1 Å². The zero-order valence-corrected chi connectivity index (χ0v) is 14.5. The Bertz CT molecular complexity index is 1160. The lowest BCUT2D eigenvalue weighted by atomic mass is 10.0. The lowest BCUT2D eigenvalue weighted by Gasteiger charge is -2.11. The van der Waals surface area contributed by atoms with Crippen LogP contribution in [0.2, 0.25) is 0 Å². The van der Waals surface area contributed by atoms with Gasteiger partial charge < -0.3 is 4.42 Å². The molecule has 2 heterocycles. The Kier molecular flexibility index (Phi) is 4.01. The number of nitriles is 1. The fourth-order valence-corrected chi connectivity index (χ4v) is 2.79. The molecule has 0 unspecified atom stereocenters. The lowest BCUT2D eigenvalue weighted by Crippen LogP contribution is -2.28. The maximum Gasteiger partial charge on any atom is 0.336 e. The van der Waals surface area contributed by atoms with Crippen molar-refractivity contribution in [2.24, 2.45) is 0 Å². The topological polar surface area (TPSA) is 88.9 Å². The van der Waals surface area contributed by atoms with E-state index < -0.39 is 11.2 Å². The standard InChI is InChI=1S/C19H17N3O3/c1-10-5-15-14(7-18(23)25-17(15)6-11(10)2)9-22-19(24)16(8-20)12(3)13(4)21-22/h5-7H,9H2,1-4H3. The van der Waals surface area contributed by atoms with Crippen molar-refractivity contribution in [3.8, 4) is 6.07 Å². The van der Waals surface area contributed by atoms with Gasteiger partial charge in [0.05, 0.1) is 12.2 Å². The maximum atomic E-state index is 12.5. The molecule has 6 heteroatoms. The van der Waals surface area contributed by atoms with E-state index in [1.807, 2.05) is 32.0 Å². The van der Waals surface area contributed by atoms with Gasteiger partial charge in [-0.25, -0.2) is 9.48 Å². The first-order chi connectivity index (χ1) is 11.8. The highest BCUT2D eigenvalue weighted by atomic mass is 16.4. The molecule has 0 aliphatic carbocycles. The second kappa shape index (κ2) is 6.02. The van der Waals surface area contributed by atoms with Crippen molar-refractivity contribution in [2.75, 3.05) is 0 Å². The smallest absolute Gasteiger partial charge is 0.336 e. The molecule has 2 aromatic heterocycles. The number of rotatable bonds is 2. The van der Waals surface area contributed by atoms with Gasteiger partial charge in [0.2, 0.25) is 0 Å². The summed E-state index contributed by atoms with van der Waals surface area (Å²) in [5.74, 6) is 0. The average Bonchev–Trinajstić information content (AvgIpc) is 2.55. The molecule has 6 nitrogen and oxygen atoms in total. The Morgan fingerprint density at radius 2 is 1.80 bits per heavy atom. The van der Waals surface area contributed by atoms with E-state index in [1.54, 1.807) is 13.8 Å². The summed E-state index contributed by atoms with van der Waals surface area (Å²) in [5, 5.41) is 14.3. The number of fused-ring (bicyclic) bond motifs is 1. The predicted molar refractivity (Wildman–Crippen MR) is 93.7 cm³/mol. The van der Waals surface area contributed by atoms with Crippen molar-refractivity contribution in [1.29, 1.82) is 5.26 Å². The second-order valence-corrected chi connectivity index (χ2v) is 6.18. The molecule has 0 amide bonds. The average molecular weight is 335 g/mol. The number of hydrogen-bond acceptors (Lipinski definition) is 5. The lowest BCUT2D eigenvalue weighted by molar-refractivity contribution is 0.553. The maximum absolute atomic E-state index is 12.5. The van der Waals surface area contributed by atoms with Gasteiger partial charge in [0, 0.05) is 11.5 Å². The highest BCUT2D eigenvalue weighted by Gasteiger charge is 2.14. The Morgan fingerprint density at radius 3 is 2.48 bits per heavy atom. The van der Waals surface area contributed by atoms with E-state index in [4.69, 9.17) is 4.42 Å². The number of nitrogens with zero attached hydrogens (tertiary/aromatic N) is 3. The summed E-state index contributed by atoms with van der Waals surface area (Å²) in [7, 11) is 0. The summed E-state index contributed by atoms with van der Waals surface area (Å²) in [5.41, 5.74) is 3.50. The Morgan fingerprint density at radius 1 is 1.12 bits per heavy atom. The molecule has 126 valence electrons. The van der Waals surface area contributed by atoms with Gasteiger partial charge in [0.15, 0.2) is 0 Å². The molecular formula is C19H17N3O3. The van der Waals surface area contributed by atoms with Crippen molar-refractivity contribution in [1.82, 2.24) is 9.78 Å². The minimum Gasteiger partial charge on any atom is -0.423 e. The summed E-state index contributed by atoms with van der Waals surface area (Å²) in [6.45, 7) is 7.45. The third kappa shape index (κ3) is 2.85. The molecule has 3 aromatic rings. The largest absolute Gasteiger partial charge is 0.423 e. The van der Waals surface area contributed by atoms with Crippen LogP contribution in [0.1, 0.15) is 33.5 Å². The molecule has 1 aromatic carbocycles. The highest BCUT2D eigenvalue weighted by Crippen LogP contribution is 2.22. The summed E-state index contributed by atoms with van der Waals surface area (Å²) < 4.78 is 6.50. The minimum atomic E-state index is -0.483. The highest BCUT2D eigenvalue weighted by molar-refractivity contribution is 5.81. The van der Waals surface area contributed by atoms with E-state index >= 15 is 0 Å². The van der Waals surface area contributed by atoms with Gasteiger partial charge >= 0.3 is 5.63 Å². The van der Waals surface area contributed by atoms with E-state index in [0.717, 1.165) is 16.5 Å². The monoisotopic (exact) mass is 335 g/mol. The van der Waals surface area contributed by atoms with E-state index in [1.165, 1.54) is 10.7 Å². The van der Waals surface area contributed by atoms with Gasteiger partial charge in [0.25, 0.3) is 5.56 Å². The van der Waals surface area contributed by atoms with Crippen LogP contribution in [0.3, 0.4) is 0 Å². The molecule has 0 fully saturated rings. The van der Waals surface area contributed by atoms with Crippen LogP contribution in [0.4, 0.5) is 0 Å². The molecule has 3 rings (SSSR count). The van der Waals surface area contributed by atoms with Crippen LogP contribution in [-0.4, -0.2) is 9.78 Å². The number of aryl methyl sites for hydroxylation is 3. The number of hydrogen-bond donors (Lipinski definition) is 0. The van der Waals surface area contributed by atoms with Crippen molar-refractivity contribution in [2.45, 2.75) is 34.2 Å². The zero-order chi connectivity index (χ0) is 18.3. The van der Waals surface area contributed by atoms with Crippen LogP contribution in [0.5, 0.6) is 0 Å². The first-order valence-electron chi connectivity index (χ1n) is 7.84. The Balaban J connectivity index is 2.25. The quantitative estimate of drug-likeness (QED) is 0.671. The van der Waals surface area contributed by atoms with Gasteiger partial charge in [0.1, 0.15) is 17.2 Å². The van der Waals surface area contributed by atoms with Crippen LogP contribution < -0.4 is 11.2 Å². The molecule has 0 atom stereocenters. The first kappa shape index (κ1) is 16.7. The van der Waals surface area contributed by atoms with E-state index in [9.17, 15) is 14.9 Å². The molecule has 0 radical (unpaired) electrons. The van der Waals surface area contributed by atoms with Crippen LogP contribution in [0, 0.1) is 39.0 Å². The minimum absolute atomic E-state index is 0.0757. The number of benzene rings is 1. The molecule has 0 aliphatic heterocycles. The van der Waals surface area contributed by atoms with Crippen LogP contribution in [0.15, 0.2) is 32.2 Å². The van der Waals surface area contributed by atoms with E-state index in [-0.39, 0.29) is 12.1 Å². The summed E-state index contributed by atoms with van der Waals surface area (Å²) >= 11 is 0. The molecule has 0 spiro atoms. The van der Waals surface area contributed by atoms with Crippen molar-refractivity contribution >= 4 is 11.0 Å². The fraction of sp³-hybridized carbons (Fsp3) is 0.263. The molecule has 0 bridgehead atoms. The predicted octanol–water partition coefficient (Wildman–Crippen LogP) is 2.50. The van der Waals surface area contributed by atoms with Crippen molar-refractivity contribution < 1.29 is 4.42 Å². The first-order valence-corrected chi connectivity index (χ1v) is 7.84.